The number of amides is 1. The van der Waals surface area contributed by atoms with Crippen molar-refractivity contribution in [3.63, 3.8) is 0 Å². The van der Waals surface area contributed by atoms with Crippen LogP contribution in [0.2, 0.25) is 0 Å². The maximum Gasteiger partial charge on any atom is 0.339 e. The Labute approximate surface area is 171 Å². The molecule has 2 aromatic rings. The summed E-state index contributed by atoms with van der Waals surface area (Å²) < 4.78 is 43.1. The van der Waals surface area contributed by atoms with Gasteiger partial charge in [-0.15, -0.1) is 0 Å². The quantitative estimate of drug-likeness (QED) is 0.566. The summed E-state index contributed by atoms with van der Waals surface area (Å²) in [7, 11) is -4.06. The second-order valence-electron chi connectivity index (χ2n) is 7.95. The standard InChI is InChI=1S/C22H26FNO4S/c1-16(2)12-22(25)24(14-17-6-7-17)15-18-4-3-5-20(13-18)28-29(26,27)21-10-8-19(23)9-11-21/h3-5,8-11,13,16-17H,6-7,12,14-15H2,1-2H3. The van der Waals surface area contributed by atoms with Crippen LogP contribution >= 0.6 is 0 Å². The van der Waals surface area contributed by atoms with Crippen molar-refractivity contribution in [1.82, 2.24) is 4.90 Å². The van der Waals surface area contributed by atoms with Crippen LogP contribution in [0.25, 0.3) is 0 Å². The zero-order valence-corrected chi connectivity index (χ0v) is 17.5. The van der Waals surface area contributed by atoms with Gasteiger partial charge >= 0.3 is 10.1 Å². The summed E-state index contributed by atoms with van der Waals surface area (Å²) in [6.45, 7) is 5.17. The van der Waals surface area contributed by atoms with E-state index in [0.717, 1.165) is 49.2 Å². The second-order valence-corrected chi connectivity index (χ2v) is 9.50. The summed E-state index contributed by atoms with van der Waals surface area (Å²) in [5.41, 5.74) is 0.801. The van der Waals surface area contributed by atoms with Crippen LogP contribution in [0.5, 0.6) is 5.75 Å². The van der Waals surface area contributed by atoms with Crippen LogP contribution in [0, 0.1) is 17.7 Å². The van der Waals surface area contributed by atoms with E-state index in [2.05, 4.69) is 0 Å². The van der Waals surface area contributed by atoms with E-state index < -0.39 is 15.9 Å². The topological polar surface area (TPSA) is 63.7 Å². The van der Waals surface area contributed by atoms with Crippen LogP contribution in [0.3, 0.4) is 0 Å². The van der Waals surface area contributed by atoms with Crippen molar-refractivity contribution in [2.24, 2.45) is 11.8 Å². The molecule has 0 unspecified atom stereocenters. The molecule has 1 fully saturated rings. The molecule has 156 valence electrons. The molecule has 0 bridgehead atoms. The monoisotopic (exact) mass is 419 g/mol. The summed E-state index contributed by atoms with van der Waals surface area (Å²) in [5.74, 6) is 0.587. The molecule has 7 heteroatoms. The predicted molar refractivity (Wildman–Crippen MR) is 108 cm³/mol. The normalized spacial score (nSPS) is 14.1. The molecule has 0 aromatic heterocycles. The Morgan fingerprint density at radius 1 is 1.17 bits per heavy atom. The van der Waals surface area contributed by atoms with Crippen LogP contribution < -0.4 is 4.18 Å². The van der Waals surface area contributed by atoms with Crippen LogP contribution in [-0.2, 0) is 21.5 Å². The van der Waals surface area contributed by atoms with E-state index in [4.69, 9.17) is 4.18 Å². The molecule has 0 atom stereocenters. The molecule has 5 nitrogen and oxygen atoms in total. The molecule has 2 aromatic carbocycles. The molecule has 0 N–H and O–H groups in total. The Bertz CT molecular complexity index is 953. The third-order valence-electron chi connectivity index (χ3n) is 4.69. The zero-order chi connectivity index (χ0) is 21.0. The van der Waals surface area contributed by atoms with E-state index in [-0.39, 0.29) is 22.5 Å². The van der Waals surface area contributed by atoms with Crippen LogP contribution in [0.1, 0.15) is 38.7 Å². The average molecular weight is 420 g/mol. The molecule has 1 saturated carbocycles. The lowest BCUT2D eigenvalue weighted by atomic mass is 10.1. The molecule has 0 spiro atoms. The van der Waals surface area contributed by atoms with Gasteiger partial charge in [0.05, 0.1) is 0 Å². The number of hydrogen-bond acceptors (Lipinski definition) is 4. The number of carbonyl (C=O) groups excluding carboxylic acids is 1. The number of rotatable bonds is 9. The van der Waals surface area contributed by atoms with Gasteiger partial charge in [0, 0.05) is 19.5 Å². The van der Waals surface area contributed by atoms with Crippen LogP contribution in [0.15, 0.2) is 53.4 Å². The highest BCUT2D eigenvalue weighted by Gasteiger charge is 2.27. The van der Waals surface area contributed by atoms with Gasteiger partial charge in [0.15, 0.2) is 0 Å². The highest BCUT2D eigenvalue weighted by Crippen LogP contribution is 2.31. The molecule has 0 aliphatic heterocycles. The van der Waals surface area contributed by atoms with Crippen molar-refractivity contribution in [2.75, 3.05) is 6.54 Å². The Balaban J connectivity index is 1.73. The van der Waals surface area contributed by atoms with Gasteiger partial charge in [0.2, 0.25) is 5.91 Å². The van der Waals surface area contributed by atoms with Crippen molar-refractivity contribution >= 4 is 16.0 Å². The number of hydrogen-bond donors (Lipinski definition) is 0. The van der Waals surface area contributed by atoms with E-state index in [9.17, 15) is 17.6 Å². The fourth-order valence-electron chi connectivity index (χ4n) is 3.04. The third-order valence-corrected chi connectivity index (χ3v) is 5.95. The van der Waals surface area contributed by atoms with Crippen molar-refractivity contribution in [3.8, 4) is 5.75 Å². The lowest BCUT2D eigenvalue weighted by Gasteiger charge is -2.24. The summed E-state index contributed by atoms with van der Waals surface area (Å²) in [6.07, 6.45) is 2.77. The van der Waals surface area contributed by atoms with Crippen molar-refractivity contribution in [2.45, 2.75) is 44.6 Å². The Kier molecular flexibility index (Phi) is 6.57. The lowest BCUT2D eigenvalue weighted by Crippen LogP contribution is -2.33. The highest BCUT2D eigenvalue weighted by atomic mass is 32.2. The van der Waals surface area contributed by atoms with E-state index in [1.165, 1.54) is 0 Å². The minimum atomic E-state index is -4.06. The molecule has 0 saturated heterocycles. The summed E-state index contributed by atoms with van der Waals surface area (Å²) in [5, 5.41) is 0. The Hall–Kier alpha value is -2.41. The molecule has 0 heterocycles. The zero-order valence-electron chi connectivity index (χ0n) is 16.7. The van der Waals surface area contributed by atoms with E-state index >= 15 is 0 Å². The largest absolute Gasteiger partial charge is 0.379 e. The smallest absolute Gasteiger partial charge is 0.339 e. The number of halogens is 1. The summed E-state index contributed by atoms with van der Waals surface area (Å²) in [6, 6.07) is 11.2. The van der Waals surface area contributed by atoms with Gasteiger partial charge in [-0.05, 0) is 66.6 Å². The lowest BCUT2D eigenvalue weighted by molar-refractivity contribution is -0.132. The van der Waals surface area contributed by atoms with E-state index in [1.54, 1.807) is 18.2 Å². The second kappa shape index (κ2) is 8.95. The first-order valence-electron chi connectivity index (χ1n) is 9.79. The number of nitrogens with zero attached hydrogens (tertiary/aromatic N) is 1. The molecule has 29 heavy (non-hydrogen) atoms. The minimum absolute atomic E-state index is 0.108. The van der Waals surface area contributed by atoms with Crippen molar-refractivity contribution in [1.29, 1.82) is 0 Å². The van der Waals surface area contributed by atoms with Gasteiger partial charge in [0.25, 0.3) is 0 Å². The fraction of sp³-hybridized carbons (Fsp3) is 0.409. The first-order chi connectivity index (χ1) is 13.7. The molecule has 1 aliphatic rings. The number of benzene rings is 2. The van der Waals surface area contributed by atoms with Gasteiger partial charge in [-0.2, -0.15) is 8.42 Å². The first-order valence-corrected chi connectivity index (χ1v) is 11.2. The van der Waals surface area contributed by atoms with Gasteiger partial charge in [-0.1, -0.05) is 26.0 Å². The van der Waals surface area contributed by atoms with Gasteiger partial charge in [0.1, 0.15) is 16.5 Å². The molecular formula is C22H26FNO4S. The predicted octanol–water partition coefficient (Wildman–Crippen LogP) is 4.38. The van der Waals surface area contributed by atoms with Crippen LogP contribution in [0.4, 0.5) is 4.39 Å². The molecule has 0 radical (unpaired) electrons. The highest BCUT2D eigenvalue weighted by molar-refractivity contribution is 7.87. The van der Waals surface area contributed by atoms with Gasteiger partial charge in [-0.25, -0.2) is 4.39 Å². The van der Waals surface area contributed by atoms with Crippen molar-refractivity contribution in [3.05, 3.63) is 59.9 Å². The van der Waals surface area contributed by atoms with E-state index in [0.29, 0.717) is 18.9 Å². The van der Waals surface area contributed by atoms with Gasteiger partial charge in [-0.3, -0.25) is 4.79 Å². The fourth-order valence-corrected chi connectivity index (χ4v) is 3.96. The average Bonchev–Trinajstić information content (AvgIpc) is 3.45. The summed E-state index contributed by atoms with van der Waals surface area (Å²) in [4.78, 5) is 14.3. The first kappa shape index (κ1) is 21.3. The molecule has 1 amide bonds. The number of carbonyl (C=O) groups is 1. The minimum Gasteiger partial charge on any atom is -0.379 e. The molecule has 3 rings (SSSR count). The van der Waals surface area contributed by atoms with Crippen molar-refractivity contribution < 1.29 is 21.8 Å². The third kappa shape index (κ3) is 6.29. The summed E-state index contributed by atoms with van der Waals surface area (Å²) >= 11 is 0. The molecule has 1 aliphatic carbocycles. The molecular weight excluding hydrogens is 393 g/mol. The maximum atomic E-state index is 13.0. The SMILES string of the molecule is CC(C)CC(=O)N(Cc1cccc(OS(=O)(=O)c2ccc(F)cc2)c1)CC1CC1. The van der Waals surface area contributed by atoms with E-state index in [1.807, 2.05) is 24.8 Å². The van der Waals surface area contributed by atoms with Crippen LogP contribution in [-0.4, -0.2) is 25.8 Å². The van der Waals surface area contributed by atoms with Gasteiger partial charge < -0.3 is 9.08 Å². The Morgan fingerprint density at radius 2 is 1.86 bits per heavy atom. The maximum absolute atomic E-state index is 13.0. The Morgan fingerprint density at radius 3 is 2.48 bits per heavy atom.